The van der Waals surface area contributed by atoms with Gasteiger partial charge in [-0.3, -0.25) is 9.63 Å². The summed E-state index contributed by atoms with van der Waals surface area (Å²) < 4.78 is 23.5. The van der Waals surface area contributed by atoms with Crippen LogP contribution in [-0.2, 0) is 14.9 Å². The number of rotatable bonds is 9. The summed E-state index contributed by atoms with van der Waals surface area (Å²) in [6.07, 6.45) is 4.56. The van der Waals surface area contributed by atoms with E-state index < -0.39 is 10.0 Å². The van der Waals surface area contributed by atoms with Crippen molar-refractivity contribution in [2.24, 2.45) is 5.92 Å². The summed E-state index contributed by atoms with van der Waals surface area (Å²) >= 11 is 0. The number of hydrogen-bond acceptors (Lipinski definition) is 5. The predicted octanol–water partition coefficient (Wildman–Crippen LogP) is 1.77. The molecule has 2 N–H and O–H groups in total. The number of likely N-dealkylation sites (tertiary alicyclic amines) is 1. The Kier molecular flexibility index (Phi) is 8.02. The van der Waals surface area contributed by atoms with Crippen LogP contribution in [0, 0.1) is 5.92 Å². The minimum Gasteiger partial charge on any atom is -0.352 e. The molecule has 0 aliphatic carbocycles. The van der Waals surface area contributed by atoms with Crippen LogP contribution in [0.2, 0.25) is 0 Å². The standard InChI is InChI=1S/C18H29N3O4S/c1-15-9-13-21(14-10-15)12-4-3-11-19-18(22)16-5-7-17(8-6-16)26(23,24)20-25-2/h5-8,15,20H,3-4,9-14H2,1-2H3,(H,19,22). The number of nitrogens with zero attached hydrogens (tertiary/aromatic N) is 1. The molecule has 1 amide bonds. The van der Waals surface area contributed by atoms with Gasteiger partial charge in [0.2, 0.25) is 0 Å². The fourth-order valence-electron chi connectivity index (χ4n) is 2.99. The number of carbonyl (C=O) groups excluding carboxylic acids is 1. The van der Waals surface area contributed by atoms with Gasteiger partial charge in [0.1, 0.15) is 0 Å². The molecule has 1 aromatic rings. The van der Waals surface area contributed by atoms with Crippen LogP contribution >= 0.6 is 0 Å². The molecule has 0 atom stereocenters. The molecule has 0 spiro atoms. The second kappa shape index (κ2) is 10.0. The van der Waals surface area contributed by atoms with E-state index in [4.69, 9.17) is 0 Å². The van der Waals surface area contributed by atoms with Crippen molar-refractivity contribution in [1.82, 2.24) is 15.1 Å². The van der Waals surface area contributed by atoms with E-state index in [1.165, 1.54) is 57.3 Å². The first kappa shape index (κ1) is 20.8. The van der Waals surface area contributed by atoms with E-state index in [2.05, 4.69) is 22.0 Å². The normalized spacial score (nSPS) is 16.5. The Bertz CT molecular complexity index is 668. The van der Waals surface area contributed by atoms with Crippen molar-refractivity contribution >= 4 is 15.9 Å². The maximum Gasteiger partial charge on any atom is 0.262 e. The average Bonchev–Trinajstić information content (AvgIpc) is 2.63. The van der Waals surface area contributed by atoms with E-state index >= 15 is 0 Å². The highest BCUT2D eigenvalue weighted by Gasteiger charge is 2.15. The number of nitrogens with one attached hydrogen (secondary N) is 2. The van der Waals surface area contributed by atoms with Crippen LogP contribution in [0.3, 0.4) is 0 Å². The third kappa shape index (κ3) is 6.35. The molecule has 0 unspecified atom stereocenters. The first-order chi connectivity index (χ1) is 12.4. The Labute approximate surface area is 156 Å². The lowest BCUT2D eigenvalue weighted by molar-refractivity contribution is 0.0952. The minimum atomic E-state index is -3.70. The maximum absolute atomic E-state index is 12.1. The van der Waals surface area contributed by atoms with E-state index in [1.54, 1.807) is 0 Å². The summed E-state index contributed by atoms with van der Waals surface area (Å²) in [5.41, 5.74) is 0.436. The molecule has 146 valence electrons. The Morgan fingerprint density at radius 2 is 1.85 bits per heavy atom. The minimum absolute atomic E-state index is 0.0479. The van der Waals surface area contributed by atoms with Gasteiger partial charge in [0.05, 0.1) is 12.0 Å². The molecule has 0 saturated carbocycles. The molecule has 0 aromatic heterocycles. The third-order valence-electron chi connectivity index (χ3n) is 4.68. The number of unbranched alkanes of at least 4 members (excludes halogenated alkanes) is 1. The molecule has 1 fully saturated rings. The maximum atomic E-state index is 12.1. The topological polar surface area (TPSA) is 87.7 Å². The molecule has 2 rings (SSSR count). The van der Waals surface area contributed by atoms with E-state index in [0.29, 0.717) is 12.1 Å². The van der Waals surface area contributed by atoms with Gasteiger partial charge in [0.15, 0.2) is 0 Å². The molecule has 8 heteroatoms. The Hall–Kier alpha value is -1.48. The van der Waals surface area contributed by atoms with Gasteiger partial charge in [-0.1, -0.05) is 11.8 Å². The van der Waals surface area contributed by atoms with Gasteiger partial charge in [-0.15, -0.1) is 0 Å². The summed E-state index contributed by atoms with van der Waals surface area (Å²) in [5.74, 6) is 0.651. The van der Waals surface area contributed by atoms with Crippen LogP contribution in [0.4, 0.5) is 0 Å². The summed E-state index contributed by atoms with van der Waals surface area (Å²) in [4.78, 5) is 21.0. The summed E-state index contributed by atoms with van der Waals surface area (Å²) in [5, 5.41) is 2.88. The molecule has 26 heavy (non-hydrogen) atoms. The summed E-state index contributed by atoms with van der Waals surface area (Å²) in [7, 11) is -2.47. The highest BCUT2D eigenvalue weighted by Crippen LogP contribution is 2.16. The van der Waals surface area contributed by atoms with E-state index in [-0.39, 0.29) is 10.8 Å². The zero-order valence-corrected chi connectivity index (χ0v) is 16.3. The molecule has 1 heterocycles. The van der Waals surface area contributed by atoms with Crippen LogP contribution in [0.5, 0.6) is 0 Å². The van der Waals surface area contributed by atoms with Gasteiger partial charge in [-0.2, -0.15) is 0 Å². The van der Waals surface area contributed by atoms with E-state index in [9.17, 15) is 13.2 Å². The molecule has 1 aliphatic heterocycles. The van der Waals surface area contributed by atoms with Crippen LogP contribution in [-0.4, -0.2) is 52.5 Å². The van der Waals surface area contributed by atoms with Crippen LogP contribution in [0.25, 0.3) is 0 Å². The highest BCUT2D eigenvalue weighted by molar-refractivity contribution is 7.89. The van der Waals surface area contributed by atoms with Crippen LogP contribution in [0.1, 0.15) is 43.0 Å². The quantitative estimate of drug-likeness (QED) is 0.501. The van der Waals surface area contributed by atoms with Crippen molar-refractivity contribution in [2.75, 3.05) is 33.3 Å². The number of benzene rings is 1. The first-order valence-corrected chi connectivity index (χ1v) is 10.6. The zero-order chi connectivity index (χ0) is 19.0. The van der Waals surface area contributed by atoms with Crippen molar-refractivity contribution in [1.29, 1.82) is 0 Å². The lowest BCUT2D eigenvalue weighted by atomic mass is 9.99. The molecular formula is C18H29N3O4S. The second-order valence-electron chi connectivity index (χ2n) is 6.80. The number of carbonyl (C=O) groups is 1. The fraction of sp³-hybridized carbons (Fsp3) is 0.611. The number of sulfonamides is 1. The summed E-state index contributed by atoms with van der Waals surface area (Å²) in [6, 6.07) is 5.75. The molecule has 7 nitrogen and oxygen atoms in total. The predicted molar refractivity (Wildman–Crippen MR) is 100 cm³/mol. The molecule has 1 aromatic carbocycles. The summed E-state index contributed by atoms with van der Waals surface area (Å²) in [6.45, 7) is 6.38. The van der Waals surface area contributed by atoms with Crippen molar-refractivity contribution in [2.45, 2.75) is 37.5 Å². The van der Waals surface area contributed by atoms with Gasteiger partial charge >= 0.3 is 0 Å². The average molecular weight is 384 g/mol. The Balaban J connectivity index is 1.69. The molecular weight excluding hydrogens is 354 g/mol. The first-order valence-electron chi connectivity index (χ1n) is 9.08. The van der Waals surface area contributed by atoms with Crippen molar-refractivity contribution in [3.05, 3.63) is 29.8 Å². The van der Waals surface area contributed by atoms with Crippen LogP contribution < -0.4 is 10.2 Å². The van der Waals surface area contributed by atoms with Gasteiger partial charge < -0.3 is 10.2 Å². The van der Waals surface area contributed by atoms with Gasteiger partial charge in [0.25, 0.3) is 15.9 Å². The third-order valence-corrected chi connectivity index (χ3v) is 5.96. The lowest BCUT2D eigenvalue weighted by Gasteiger charge is -2.30. The van der Waals surface area contributed by atoms with Crippen molar-refractivity contribution in [3.8, 4) is 0 Å². The van der Waals surface area contributed by atoms with Crippen molar-refractivity contribution < 1.29 is 18.0 Å². The number of amides is 1. The molecule has 1 saturated heterocycles. The van der Waals surface area contributed by atoms with E-state index in [0.717, 1.165) is 25.3 Å². The smallest absolute Gasteiger partial charge is 0.262 e. The monoisotopic (exact) mass is 383 g/mol. The largest absolute Gasteiger partial charge is 0.352 e. The molecule has 1 aliphatic rings. The fourth-order valence-corrected chi connectivity index (χ4v) is 3.80. The van der Waals surface area contributed by atoms with Gasteiger partial charge in [0, 0.05) is 12.1 Å². The zero-order valence-electron chi connectivity index (χ0n) is 15.5. The lowest BCUT2D eigenvalue weighted by Crippen LogP contribution is -2.34. The Morgan fingerprint density at radius 3 is 2.46 bits per heavy atom. The molecule has 0 radical (unpaired) electrons. The highest BCUT2D eigenvalue weighted by atomic mass is 32.2. The molecule has 0 bridgehead atoms. The Morgan fingerprint density at radius 1 is 1.19 bits per heavy atom. The van der Waals surface area contributed by atoms with E-state index in [1.807, 2.05) is 4.89 Å². The van der Waals surface area contributed by atoms with Gasteiger partial charge in [-0.05, 0) is 75.5 Å². The van der Waals surface area contributed by atoms with Crippen molar-refractivity contribution in [3.63, 3.8) is 0 Å². The number of hydrogen-bond donors (Lipinski definition) is 2. The second-order valence-corrected chi connectivity index (χ2v) is 8.45. The van der Waals surface area contributed by atoms with Crippen LogP contribution in [0.15, 0.2) is 29.2 Å². The van der Waals surface area contributed by atoms with Gasteiger partial charge in [-0.25, -0.2) is 8.42 Å². The number of piperidine rings is 1. The SMILES string of the molecule is CONS(=O)(=O)c1ccc(C(=O)NCCCCN2CCC(C)CC2)cc1.